The molecule has 0 spiro atoms. The van der Waals surface area contributed by atoms with Gasteiger partial charge in [0, 0.05) is 16.9 Å². The maximum Gasteiger partial charge on any atom is 1.00 e. The molecule has 0 radical (unpaired) electrons. The summed E-state index contributed by atoms with van der Waals surface area (Å²) in [6, 6.07) is 26.4. The van der Waals surface area contributed by atoms with Crippen LogP contribution in [0.4, 0.5) is 11.4 Å². The molecule has 4 rings (SSSR count). The van der Waals surface area contributed by atoms with Crippen LogP contribution in [0.25, 0.3) is 0 Å². The minimum absolute atomic E-state index is 0. The Bertz CT molecular complexity index is 1480. The number of hydrogen-bond donors (Lipinski definition) is 4. The van der Waals surface area contributed by atoms with Crippen molar-refractivity contribution in [3.63, 3.8) is 0 Å². The summed E-state index contributed by atoms with van der Waals surface area (Å²) in [5.41, 5.74) is 7.25. The number of hydrogen-bond acceptors (Lipinski definition) is 7. The molecule has 0 bridgehead atoms. The first-order valence-electron chi connectivity index (χ1n) is 15.3. The number of nitrogens with zero attached hydrogens (tertiary/aromatic N) is 1. The number of aromatic hydroxyl groups is 2. The number of rotatable bonds is 10. The van der Waals surface area contributed by atoms with E-state index in [1.165, 1.54) is 34.6 Å². The van der Waals surface area contributed by atoms with Gasteiger partial charge in [0.1, 0.15) is 0 Å². The Kier molecular flexibility index (Phi) is 14.0. The summed E-state index contributed by atoms with van der Waals surface area (Å²) in [6.45, 7) is 16.8. The molecule has 1 aromatic heterocycles. The number of carbonyl (C=O) groups is 1. The van der Waals surface area contributed by atoms with Gasteiger partial charge in [0.25, 0.3) is 0 Å². The van der Waals surface area contributed by atoms with Gasteiger partial charge in [0.15, 0.2) is 11.5 Å². The molecule has 45 heavy (non-hydrogen) atoms. The van der Waals surface area contributed by atoms with Crippen molar-refractivity contribution in [1.82, 2.24) is 4.98 Å². The maximum atomic E-state index is 10.7. The van der Waals surface area contributed by atoms with Gasteiger partial charge in [-0.15, -0.1) is 0 Å². The molecular formula is C37H46CoN3O4. The number of carbonyl (C=O) groups excluding carboxylic acids is 1. The summed E-state index contributed by atoms with van der Waals surface area (Å²) in [5.74, 6) is -1.67. The molecule has 0 amide bonds. The van der Waals surface area contributed by atoms with E-state index in [1.807, 2.05) is 0 Å². The molecule has 3 aromatic carbocycles. The van der Waals surface area contributed by atoms with Gasteiger partial charge >= 0.3 is 16.8 Å². The fraction of sp³-hybridized carbons (Fsp3) is 0.351. The van der Waals surface area contributed by atoms with E-state index in [-0.39, 0.29) is 40.3 Å². The van der Waals surface area contributed by atoms with E-state index in [0.29, 0.717) is 17.4 Å². The number of aromatic nitrogens is 1. The Hall–Kier alpha value is -4.01. The van der Waals surface area contributed by atoms with Crippen LogP contribution in [0.1, 0.15) is 124 Å². The third-order valence-electron chi connectivity index (χ3n) is 7.60. The maximum absolute atomic E-state index is 10.7. The molecule has 8 heteroatoms. The molecular weight excluding hydrogens is 609 g/mol. The zero-order chi connectivity index (χ0) is 32.6. The minimum Gasteiger partial charge on any atom is -0.545 e. The van der Waals surface area contributed by atoms with Crippen molar-refractivity contribution in [3.05, 3.63) is 113 Å². The second-order valence-electron chi connectivity index (χ2n) is 12.0. The molecule has 0 saturated heterocycles. The minimum atomic E-state index is -1.48. The van der Waals surface area contributed by atoms with Crippen LogP contribution in [-0.4, -0.2) is 21.2 Å². The second kappa shape index (κ2) is 16.9. The molecule has 7 nitrogen and oxygen atoms in total. The Morgan fingerprint density at radius 1 is 0.622 bits per heavy atom. The van der Waals surface area contributed by atoms with Gasteiger partial charge < -0.3 is 30.7 Å². The molecule has 242 valence electrons. The van der Waals surface area contributed by atoms with E-state index in [0.717, 1.165) is 11.4 Å². The van der Waals surface area contributed by atoms with Crippen LogP contribution < -0.4 is 15.7 Å². The second-order valence-corrected chi connectivity index (χ2v) is 12.0. The van der Waals surface area contributed by atoms with Crippen molar-refractivity contribution in [2.24, 2.45) is 0 Å². The average molecular weight is 656 g/mol. The molecule has 2 unspecified atom stereocenters. The summed E-state index contributed by atoms with van der Waals surface area (Å²) in [4.78, 5) is 15.7. The van der Waals surface area contributed by atoms with E-state index in [4.69, 9.17) is 10.1 Å². The van der Waals surface area contributed by atoms with Crippen LogP contribution in [0.3, 0.4) is 0 Å². The molecule has 0 saturated carbocycles. The van der Waals surface area contributed by atoms with Crippen molar-refractivity contribution in [3.8, 4) is 11.5 Å². The first kappa shape index (κ1) is 37.2. The monoisotopic (exact) mass is 655 g/mol. The van der Waals surface area contributed by atoms with E-state index in [9.17, 15) is 15.0 Å². The molecule has 0 aliphatic carbocycles. The first-order valence-corrected chi connectivity index (χ1v) is 15.3. The van der Waals surface area contributed by atoms with E-state index in [2.05, 4.69) is 119 Å². The largest absolute Gasteiger partial charge is 1.00 e. The number of nitrogens with one attached hydrogen (secondary N) is 2. The predicted octanol–water partition coefficient (Wildman–Crippen LogP) is 8.26. The number of para-hydroxylation sites is 2. The van der Waals surface area contributed by atoms with Crippen LogP contribution in [0.15, 0.2) is 78.9 Å². The van der Waals surface area contributed by atoms with E-state index < -0.39 is 17.5 Å². The zero-order valence-corrected chi connectivity index (χ0v) is 28.4. The van der Waals surface area contributed by atoms with Gasteiger partial charge in [-0.3, -0.25) is 4.98 Å². The molecule has 0 fully saturated rings. The Balaban J connectivity index is 0.000000396. The Labute approximate surface area is 278 Å². The van der Waals surface area contributed by atoms with Crippen molar-refractivity contribution in [2.75, 3.05) is 10.6 Å². The number of anilines is 2. The summed E-state index contributed by atoms with van der Waals surface area (Å²) in [5, 5.41) is 36.5. The fourth-order valence-electron chi connectivity index (χ4n) is 5.12. The van der Waals surface area contributed by atoms with Gasteiger partial charge in [-0.05, 0) is 78.6 Å². The SMILES string of the molecule is CC(C)c1ccc(O)c(O)c1C(=O)[O-].CC(C)c1ccccc1NC(C)c1cccc(C(C)Nc2ccccc2C(C)C)n1.[Co+]. The van der Waals surface area contributed by atoms with Crippen molar-refractivity contribution >= 4 is 17.3 Å². The standard InChI is InChI=1S/C27H35N3.C10H12O4.Co/c1-18(2)22-12-7-9-14-26(22)28-20(5)24-16-11-17-25(30-24)21(6)29-27-15-10-8-13-23(27)19(3)4;1-5(2)6-3-4-7(11)9(12)8(6)10(13)14;/h7-21,28-29H,1-6H3;3-5,11-12H,1-2H3,(H,13,14);/q;;+1/p-1. The van der Waals surface area contributed by atoms with Crippen LogP contribution in [0.5, 0.6) is 11.5 Å². The van der Waals surface area contributed by atoms with Crippen molar-refractivity contribution in [1.29, 1.82) is 0 Å². The van der Waals surface area contributed by atoms with Crippen LogP contribution in [0, 0.1) is 0 Å². The predicted molar refractivity (Wildman–Crippen MR) is 178 cm³/mol. The van der Waals surface area contributed by atoms with Crippen molar-refractivity contribution in [2.45, 2.75) is 85.2 Å². The zero-order valence-electron chi connectivity index (χ0n) is 27.4. The van der Waals surface area contributed by atoms with E-state index >= 15 is 0 Å². The summed E-state index contributed by atoms with van der Waals surface area (Å²) in [6.07, 6.45) is 0. The molecule has 0 aliphatic rings. The number of carboxylic acids is 1. The van der Waals surface area contributed by atoms with Gasteiger partial charge in [-0.1, -0.05) is 90.1 Å². The number of carboxylic acid groups (broad SMARTS) is 1. The number of phenols is 2. The molecule has 1 heterocycles. The van der Waals surface area contributed by atoms with Crippen LogP contribution in [-0.2, 0) is 16.8 Å². The summed E-state index contributed by atoms with van der Waals surface area (Å²) < 4.78 is 0. The topological polar surface area (TPSA) is 118 Å². The van der Waals surface area contributed by atoms with Gasteiger partial charge in [-0.25, -0.2) is 0 Å². The number of pyridine rings is 1. The Morgan fingerprint density at radius 3 is 1.44 bits per heavy atom. The Morgan fingerprint density at radius 2 is 1.04 bits per heavy atom. The van der Waals surface area contributed by atoms with Gasteiger partial charge in [-0.2, -0.15) is 0 Å². The third kappa shape index (κ3) is 9.74. The molecule has 4 N–H and O–H groups in total. The number of phenolic OH excluding ortho intramolecular Hbond substituents is 1. The molecule has 4 aromatic rings. The van der Waals surface area contributed by atoms with Crippen molar-refractivity contribution < 1.29 is 36.9 Å². The van der Waals surface area contributed by atoms with E-state index in [1.54, 1.807) is 13.8 Å². The first-order chi connectivity index (χ1) is 20.8. The van der Waals surface area contributed by atoms with Crippen LogP contribution in [0.2, 0.25) is 0 Å². The van der Waals surface area contributed by atoms with Gasteiger partial charge in [0.2, 0.25) is 0 Å². The smallest absolute Gasteiger partial charge is 0.545 e. The summed E-state index contributed by atoms with van der Waals surface area (Å²) >= 11 is 0. The fourth-order valence-corrected chi connectivity index (χ4v) is 5.12. The average Bonchev–Trinajstić information content (AvgIpc) is 2.98. The van der Waals surface area contributed by atoms with Crippen LogP contribution >= 0.6 is 0 Å². The quantitative estimate of drug-likeness (QED) is 0.127. The summed E-state index contributed by atoms with van der Waals surface area (Å²) in [7, 11) is 0. The van der Waals surface area contributed by atoms with Gasteiger partial charge in [0.05, 0.1) is 29.4 Å². The normalized spacial score (nSPS) is 12.2. The number of benzene rings is 3. The molecule has 0 aliphatic heterocycles. The third-order valence-corrected chi connectivity index (χ3v) is 7.60. The molecule has 2 atom stereocenters. The number of aromatic carboxylic acids is 1.